The van der Waals surface area contributed by atoms with Crippen molar-refractivity contribution in [2.45, 2.75) is 76.9 Å². The van der Waals surface area contributed by atoms with Gasteiger partial charge in [-0.2, -0.15) is 0 Å². The normalized spacial score (nSPS) is 18.7. The molecular formula is C25H34FN. The molecule has 1 aliphatic heterocycles. The predicted octanol–water partition coefficient (Wildman–Crippen LogP) is 6.25. The van der Waals surface area contributed by atoms with E-state index in [0.29, 0.717) is 0 Å². The molecule has 0 radical (unpaired) electrons. The van der Waals surface area contributed by atoms with Crippen LogP contribution in [0.25, 0.3) is 0 Å². The summed E-state index contributed by atoms with van der Waals surface area (Å²) in [5, 5.41) is 3.41. The van der Waals surface area contributed by atoms with Crippen molar-refractivity contribution in [3.63, 3.8) is 0 Å². The van der Waals surface area contributed by atoms with E-state index in [0.717, 1.165) is 30.5 Å². The van der Waals surface area contributed by atoms with E-state index in [4.69, 9.17) is 0 Å². The second-order valence-electron chi connectivity index (χ2n) is 10.0. The molecule has 1 saturated heterocycles. The summed E-state index contributed by atoms with van der Waals surface area (Å²) in [5.74, 6) is 0. The molecule has 1 heterocycles. The monoisotopic (exact) mass is 367 g/mol. The van der Waals surface area contributed by atoms with Crippen LogP contribution >= 0.6 is 0 Å². The minimum Gasteiger partial charge on any atom is -0.310 e. The molecule has 0 aliphatic carbocycles. The molecule has 2 aromatic rings. The number of alkyl halides is 1. The Kier molecular flexibility index (Phi) is 5.24. The first-order chi connectivity index (χ1) is 12.5. The number of nitrogens with one attached hydrogen (secondary N) is 1. The van der Waals surface area contributed by atoms with Crippen molar-refractivity contribution < 1.29 is 4.39 Å². The highest BCUT2D eigenvalue weighted by molar-refractivity contribution is 5.42. The molecule has 0 amide bonds. The number of halogens is 1. The Morgan fingerprint density at radius 1 is 0.704 bits per heavy atom. The van der Waals surface area contributed by atoms with Crippen LogP contribution in [0.2, 0.25) is 0 Å². The molecule has 1 fully saturated rings. The quantitative estimate of drug-likeness (QED) is 0.676. The zero-order valence-electron chi connectivity index (χ0n) is 17.7. The lowest BCUT2D eigenvalue weighted by Crippen LogP contribution is -2.43. The third-order valence-electron chi connectivity index (χ3n) is 5.88. The van der Waals surface area contributed by atoms with Gasteiger partial charge in [0.1, 0.15) is 0 Å². The zero-order valence-corrected chi connectivity index (χ0v) is 17.7. The molecule has 27 heavy (non-hydrogen) atoms. The Bertz CT molecular complexity index is 696. The molecular weight excluding hydrogens is 333 g/mol. The van der Waals surface area contributed by atoms with Gasteiger partial charge in [0.25, 0.3) is 0 Å². The maximum Gasteiger partial charge on any atom is 0.176 e. The summed E-state index contributed by atoms with van der Waals surface area (Å²) < 4.78 is 16.8. The van der Waals surface area contributed by atoms with Gasteiger partial charge in [-0.1, -0.05) is 90.1 Å². The van der Waals surface area contributed by atoms with E-state index in [1.54, 1.807) is 0 Å². The molecule has 1 aliphatic rings. The first kappa shape index (κ1) is 20.1. The molecule has 2 aromatic carbocycles. The van der Waals surface area contributed by atoms with E-state index in [2.05, 4.69) is 71.1 Å². The molecule has 1 unspecified atom stereocenters. The molecule has 0 bridgehead atoms. The second kappa shape index (κ2) is 7.05. The Labute approximate surface area is 164 Å². The van der Waals surface area contributed by atoms with Crippen molar-refractivity contribution in [3.8, 4) is 0 Å². The lowest BCUT2D eigenvalue weighted by molar-refractivity contribution is 0.163. The summed E-state index contributed by atoms with van der Waals surface area (Å²) in [5.41, 5.74) is 2.59. The molecule has 3 rings (SSSR count). The largest absolute Gasteiger partial charge is 0.310 e. The minimum atomic E-state index is -1.51. The third kappa shape index (κ3) is 3.96. The van der Waals surface area contributed by atoms with Gasteiger partial charge in [0.15, 0.2) is 5.67 Å². The van der Waals surface area contributed by atoms with E-state index >= 15 is 4.39 Å². The number of rotatable bonds is 3. The molecule has 1 N–H and O–H groups in total. The number of hydrogen-bond donors (Lipinski definition) is 1. The van der Waals surface area contributed by atoms with E-state index in [9.17, 15) is 0 Å². The van der Waals surface area contributed by atoms with Crippen LogP contribution in [0, 0.1) is 0 Å². The van der Waals surface area contributed by atoms with Gasteiger partial charge in [-0.05, 0) is 52.5 Å². The smallest absolute Gasteiger partial charge is 0.176 e. The first-order valence-electron chi connectivity index (χ1n) is 10.2. The molecule has 1 atom stereocenters. The highest BCUT2D eigenvalue weighted by atomic mass is 19.1. The first-order valence-corrected chi connectivity index (χ1v) is 10.2. The van der Waals surface area contributed by atoms with Crippen molar-refractivity contribution >= 4 is 0 Å². The van der Waals surface area contributed by atoms with Gasteiger partial charge in [0.05, 0.1) is 0 Å². The zero-order chi connectivity index (χ0) is 19.9. The molecule has 146 valence electrons. The van der Waals surface area contributed by atoms with Gasteiger partial charge in [-0.3, -0.25) is 0 Å². The fraction of sp³-hybridized carbons (Fsp3) is 0.520. The lowest BCUT2D eigenvalue weighted by Gasteiger charge is -2.34. The van der Waals surface area contributed by atoms with E-state index in [1.165, 1.54) is 11.1 Å². The van der Waals surface area contributed by atoms with Crippen LogP contribution in [-0.4, -0.2) is 12.6 Å². The molecule has 0 spiro atoms. The topological polar surface area (TPSA) is 12.0 Å². The molecule has 0 saturated carbocycles. The standard InChI is InChI=1S/C25H34FN/c1-23(2,3)18-9-13-20(14-10-18)25(26,22-8-7-17-27-22)21-15-11-19(12-16-21)24(4,5)6/h9-16,22,27H,7-8,17H2,1-6H3. The van der Waals surface area contributed by atoms with Gasteiger partial charge < -0.3 is 5.32 Å². The Hall–Kier alpha value is -1.67. The van der Waals surface area contributed by atoms with Crippen LogP contribution in [0.3, 0.4) is 0 Å². The second-order valence-corrected chi connectivity index (χ2v) is 10.0. The van der Waals surface area contributed by atoms with E-state index in [-0.39, 0.29) is 16.9 Å². The van der Waals surface area contributed by atoms with Gasteiger partial charge in [0, 0.05) is 6.04 Å². The average Bonchev–Trinajstić information content (AvgIpc) is 3.15. The highest BCUT2D eigenvalue weighted by Crippen LogP contribution is 2.41. The van der Waals surface area contributed by atoms with E-state index in [1.807, 2.05) is 24.3 Å². The van der Waals surface area contributed by atoms with Crippen LogP contribution in [0.15, 0.2) is 48.5 Å². The molecule has 1 nitrogen and oxygen atoms in total. The van der Waals surface area contributed by atoms with Crippen LogP contribution < -0.4 is 5.32 Å². The van der Waals surface area contributed by atoms with Crippen molar-refractivity contribution in [2.75, 3.05) is 6.54 Å². The summed E-state index contributed by atoms with van der Waals surface area (Å²) in [6.07, 6.45) is 1.88. The molecule has 0 aromatic heterocycles. The van der Waals surface area contributed by atoms with Gasteiger partial charge >= 0.3 is 0 Å². The Morgan fingerprint density at radius 3 is 1.37 bits per heavy atom. The SMILES string of the molecule is CC(C)(C)c1ccc(C(F)(c2ccc(C(C)(C)C)cc2)C2CCCN2)cc1. The van der Waals surface area contributed by atoms with Crippen molar-refractivity contribution in [3.05, 3.63) is 70.8 Å². The van der Waals surface area contributed by atoms with Crippen LogP contribution in [0.4, 0.5) is 4.39 Å². The predicted molar refractivity (Wildman–Crippen MR) is 113 cm³/mol. The summed E-state index contributed by atoms with van der Waals surface area (Å²) in [7, 11) is 0. The van der Waals surface area contributed by atoms with Crippen LogP contribution in [0.1, 0.15) is 76.6 Å². The maximum absolute atomic E-state index is 16.8. The van der Waals surface area contributed by atoms with Crippen molar-refractivity contribution in [2.24, 2.45) is 0 Å². The fourth-order valence-corrected chi connectivity index (χ4v) is 4.02. The third-order valence-corrected chi connectivity index (χ3v) is 5.88. The lowest BCUT2D eigenvalue weighted by atomic mass is 9.78. The Morgan fingerprint density at radius 2 is 1.07 bits per heavy atom. The fourth-order valence-electron chi connectivity index (χ4n) is 4.02. The van der Waals surface area contributed by atoms with Crippen LogP contribution in [-0.2, 0) is 16.5 Å². The number of hydrogen-bond acceptors (Lipinski definition) is 1. The average molecular weight is 368 g/mol. The van der Waals surface area contributed by atoms with Gasteiger partial charge in [-0.15, -0.1) is 0 Å². The van der Waals surface area contributed by atoms with Gasteiger partial charge in [-0.25, -0.2) is 4.39 Å². The van der Waals surface area contributed by atoms with Crippen molar-refractivity contribution in [1.29, 1.82) is 0 Å². The maximum atomic E-state index is 16.8. The van der Waals surface area contributed by atoms with Gasteiger partial charge in [0.2, 0.25) is 0 Å². The summed E-state index contributed by atoms with van der Waals surface area (Å²) in [4.78, 5) is 0. The Balaban J connectivity index is 2.05. The number of benzene rings is 2. The summed E-state index contributed by atoms with van der Waals surface area (Å²) >= 11 is 0. The molecule has 2 heteroatoms. The highest BCUT2D eigenvalue weighted by Gasteiger charge is 2.44. The summed E-state index contributed by atoms with van der Waals surface area (Å²) in [6.45, 7) is 14.0. The minimum absolute atomic E-state index is 0.0669. The van der Waals surface area contributed by atoms with Crippen molar-refractivity contribution in [1.82, 2.24) is 5.32 Å². The van der Waals surface area contributed by atoms with Crippen LogP contribution in [0.5, 0.6) is 0 Å². The summed E-state index contributed by atoms with van der Waals surface area (Å²) in [6, 6.07) is 16.1. The van der Waals surface area contributed by atoms with E-state index < -0.39 is 5.67 Å².